The summed E-state index contributed by atoms with van der Waals surface area (Å²) >= 11 is 0. The molecule has 144 valence electrons. The molecule has 0 atom stereocenters. The van der Waals surface area contributed by atoms with Crippen LogP contribution < -0.4 is 14.4 Å². The average molecular weight is 370 g/mol. The van der Waals surface area contributed by atoms with Crippen LogP contribution in [0.25, 0.3) is 0 Å². The molecule has 6 heteroatoms. The van der Waals surface area contributed by atoms with Crippen molar-refractivity contribution in [3.63, 3.8) is 0 Å². The highest BCUT2D eigenvalue weighted by atomic mass is 16.5. The second kappa shape index (κ2) is 9.37. The van der Waals surface area contributed by atoms with Crippen LogP contribution in [0, 0.1) is 0 Å². The van der Waals surface area contributed by atoms with Crippen LogP contribution in [0.4, 0.5) is 0 Å². The number of hydrogen-bond acceptors (Lipinski definition) is 4. The summed E-state index contributed by atoms with van der Waals surface area (Å²) in [5, 5.41) is 0. The molecule has 2 heterocycles. The smallest absolute Gasteiger partial charge is 0.223 e. The van der Waals surface area contributed by atoms with Gasteiger partial charge in [0.05, 0.1) is 40.4 Å². The first kappa shape index (κ1) is 19.2. The molecule has 1 amide bonds. The van der Waals surface area contributed by atoms with Crippen molar-refractivity contribution in [3.05, 3.63) is 53.9 Å². The van der Waals surface area contributed by atoms with Gasteiger partial charge in [-0.05, 0) is 36.2 Å². The van der Waals surface area contributed by atoms with E-state index in [1.807, 2.05) is 35.5 Å². The fraction of sp³-hybridized carbons (Fsp3) is 0.429. The maximum Gasteiger partial charge on any atom is 0.223 e. The van der Waals surface area contributed by atoms with Crippen LogP contribution in [0.2, 0.25) is 0 Å². The molecule has 0 radical (unpaired) electrons. The van der Waals surface area contributed by atoms with Gasteiger partial charge < -0.3 is 19.3 Å². The van der Waals surface area contributed by atoms with Crippen LogP contribution in [-0.2, 0) is 17.8 Å². The van der Waals surface area contributed by atoms with E-state index in [9.17, 15) is 4.79 Å². The molecule has 1 aromatic heterocycles. The SMILES string of the molecule is COc1ccc(CCC(=O)N2CC[NH+](Cc3ccncc3)CC2)cc1OC. The van der Waals surface area contributed by atoms with E-state index in [1.54, 1.807) is 14.2 Å². The average Bonchev–Trinajstić information content (AvgIpc) is 2.73. The van der Waals surface area contributed by atoms with Crippen molar-refractivity contribution in [2.75, 3.05) is 40.4 Å². The van der Waals surface area contributed by atoms with Gasteiger partial charge in [0.25, 0.3) is 0 Å². The van der Waals surface area contributed by atoms with Gasteiger partial charge in [0.1, 0.15) is 6.54 Å². The highest BCUT2D eigenvalue weighted by Gasteiger charge is 2.23. The predicted octanol–water partition coefficient (Wildman–Crippen LogP) is 0.959. The molecule has 1 fully saturated rings. The molecule has 1 aromatic carbocycles. The minimum Gasteiger partial charge on any atom is -0.493 e. The summed E-state index contributed by atoms with van der Waals surface area (Å²) in [6, 6.07) is 9.95. The lowest BCUT2D eigenvalue weighted by Crippen LogP contribution is -3.13. The Morgan fingerprint density at radius 3 is 2.41 bits per heavy atom. The van der Waals surface area contributed by atoms with Crippen molar-refractivity contribution in [1.29, 1.82) is 0 Å². The Labute approximate surface area is 160 Å². The number of carbonyl (C=O) groups is 1. The van der Waals surface area contributed by atoms with E-state index < -0.39 is 0 Å². The Morgan fingerprint density at radius 1 is 1.04 bits per heavy atom. The van der Waals surface area contributed by atoms with Crippen molar-refractivity contribution < 1.29 is 19.2 Å². The van der Waals surface area contributed by atoms with Gasteiger partial charge in [-0.25, -0.2) is 0 Å². The molecule has 0 aliphatic carbocycles. The first-order chi connectivity index (χ1) is 13.2. The van der Waals surface area contributed by atoms with Crippen molar-refractivity contribution in [2.24, 2.45) is 0 Å². The molecule has 1 saturated heterocycles. The number of aromatic nitrogens is 1. The van der Waals surface area contributed by atoms with E-state index in [0.717, 1.165) is 38.3 Å². The number of piperazine rings is 1. The number of carbonyl (C=O) groups excluding carboxylic acids is 1. The third-order valence-corrected chi connectivity index (χ3v) is 5.10. The van der Waals surface area contributed by atoms with Gasteiger partial charge in [0.15, 0.2) is 11.5 Å². The van der Waals surface area contributed by atoms with Gasteiger partial charge in [-0.2, -0.15) is 0 Å². The molecular weight excluding hydrogens is 342 g/mol. The second-order valence-electron chi connectivity index (χ2n) is 6.85. The summed E-state index contributed by atoms with van der Waals surface area (Å²) in [4.78, 5) is 20.1. The standard InChI is InChI=1S/C21H27N3O3/c1-26-19-5-3-17(15-20(19)27-2)4-6-21(25)24-13-11-23(12-14-24)16-18-7-9-22-10-8-18/h3,5,7-10,15H,4,6,11-14,16H2,1-2H3/p+1. The molecule has 2 aromatic rings. The lowest BCUT2D eigenvalue weighted by atomic mass is 10.1. The number of methoxy groups -OCH3 is 2. The third kappa shape index (κ3) is 5.20. The quantitative estimate of drug-likeness (QED) is 0.789. The van der Waals surface area contributed by atoms with Crippen molar-refractivity contribution >= 4 is 5.91 Å². The molecule has 1 aliphatic rings. The number of pyridine rings is 1. The van der Waals surface area contributed by atoms with Crippen LogP contribution in [0.15, 0.2) is 42.7 Å². The summed E-state index contributed by atoms with van der Waals surface area (Å²) < 4.78 is 10.6. The fourth-order valence-electron chi connectivity index (χ4n) is 3.48. The molecule has 1 N–H and O–H groups in total. The highest BCUT2D eigenvalue weighted by molar-refractivity contribution is 5.76. The van der Waals surface area contributed by atoms with Gasteiger partial charge in [-0.3, -0.25) is 9.78 Å². The van der Waals surface area contributed by atoms with Crippen LogP contribution in [0.1, 0.15) is 17.5 Å². The van der Waals surface area contributed by atoms with E-state index in [0.29, 0.717) is 24.3 Å². The highest BCUT2D eigenvalue weighted by Crippen LogP contribution is 2.28. The van der Waals surface area contributed by atoms with Gasteiger partial charge in [-0.15, -0.1) is 0 Å². The Morgan fingerprint density at radius 2 is 1.74 bits per heavy atom. The minimum atomic E-state index is 0.229. The number of rotatable bonds is 7. The second-order valence-corrected chi connectivity index (χ2v) is 6.85. The zero-order valence-electron chi connectivity index (χ0n) is 16.1. The van der Waals surface area contributed by atoms with Crippen LogP contribution in [-0.4, -0.2) is 56.2 Å². The molecule has 0 bridgehead atoms. The van der Waals surface area contributed by atoms with E-state index in [2.05, 4.69) is 17.1 Å². The molecule has 6 nitrogen and oxygen atoms in total. The summed E-state index contributed by atoms with van der Waals surface area (Å²) in [5.41, 5.74) is 2.39. The Kier molecular flexibility index (Phi) is 6.65. The first-order valence-corrected chi connectivity index (χ1v) is 9.40. The van der Waals surface area contributed by atoms with Gasteiger partial charge in [0.2, 0.25) is 5.91 Å². The maximum absolute atomic E-state index is 12.6. The third-order valence-electron chi connectivity index (χ3n) is 5.10. The van der Waals surface area contributed by atoms with Crippen molar-refractivity contribution in [1.82, 2.24) is 9.88 Å². The normalized spacial score (nSPS) is 14.8. The maximum atomic E-state index is 12.6. The lowest BCUT2D eigenvalue weighted by Gasteiger charge is -2.32. The van der Waals surface area contributed by atoms with Crippen molar-refractivity contribution in [3.8, 4) is 11.5 Å². The Bertz CT molecular complexity index is 744. The van der Waals surface area contributed by atoms with Crippen LogP contribution >= 0.6 is 0 Å². The summed E-state index contributed by atoms with van der Waals surface area (Å²) in [6.45, 7) is 4.63. The molecule has 0 unspecified atom stereocenters. The number of nitrogens with one attached hydrogen (secondary N) is 1. The number of ether oxygens (including phenoxy) is 2. The van der Waals surface area contributed by atoms with Gasteiger partial charge >= 0.3 is 0 Å². The van der Waals surface area contributed by atoms with Gasteiger partial charge in [-0.1, -0.05) is 6.07 Å². The Balaban J connectivity index is 1.46. The van der Waals surface area contributed by atoms with E-state index in [4.69, 9.17) is 9.47 Å². The van der Waals surface area contributed by atoms with E-state index in [1.165, 1.54) is 10.5 Å². The molecule has 27 heavy (non-hydrogen) atoms. The zero-order valence-corrected chi connectivity index (χ0v) is 16.1. The summed E-state index contributed by atoms with van der Waals surface area (Å²) in [5.74, 6) is 1.64. The number of benzene rings is 1. The van der Waals surface area contributed by atoms with Gasteiger partial charge in [0, 0.05) is 24.4 Å². The first-order valence-electron chi connectivity index (χ1n) is 9.40. The minimum absolute atomic E-state index is 0.229. The Hall–Kier alpha value is -2.60. The monoisotopic (exact) mass is 370 g/mol. The van der Waals surface area contributed by atoms with Crippen LogP contribution in [0.5, 0.6) is 11.5 Å². The molecule has 0 spiro atoms. The fourth-order valence-corrected chi connectivity index (χ4v) is 3.48. The van der Waals surface area contributed by atoms with Crippen molar-refractivity contribution in [2.45, 2.75) is 19.4 Å². The largest absolute Gasteiger partial charge is 0.493 e. The number of quaternary nitrogens is 1. The topological polar surface area (TPSA) is 56.1 Å². The molecular formula is C21H28N3O3+. The number of aryl methyl sites for hydroxylation is 1. The number of nitrogens with zero attached hydrogens (tertiary/aromatic N) is 2. The summed E-state index contributed by atoms with van der Waals surface area (Å²) in [7, 11) is 3.25. The van der Waals surface area contributed by atoms with Crippen LogP contribution in [0.3, 0.4) is 0 Å². The number of hydrogen-bond donors (Lipinski definition) is 1. The summed E-state index contributed by atoms with van der Waals surface area (Å²) in [6.07, 6.45) is 4.91. The van der Waals surface area contributed by atoms with E-state index in [-0.39, 0.29) is 5.91 Å². The zero-order chi connectivity index (χ0) is 19.1. The molecule has 3 rings (SSSR count). The predicted molar refractivity (Wildman–Crippen MR) is 103 cm³/mol. The molecule has 0 saturated carbocycles. The number of amides is 1. The van der Waals surface area contributed by atoms with E-state index >= 15 is 0 Å². The molecule has 1 aliphatic heterocycles. The lowest BCUT2D eigenvalue weighted by molar-refractivity contribution is -0.917.